The van der Waals surface area contributed by atoms with Crippen molar-refractivity contribution in [2.45, 2.75) is 50.5 Å². The number of piperidine rings is 1. The summed E-state index contributed by atoms with van der Waals surface area (Å²) in [5.41, 5.74) is 13.0. The van der Waals surface area contributed by atoms with E-state index in [4.69, 9.17) is 11.5 Å². The number of rotatable bonds is 6. The fourth-order valence-electron chi connectivity index (χ4n) is 5.43. The number of anilines is 3. The summed E-state index contributed by atoms with van der Waals surface area (Å²) in [6.07, 6.45) is 2.14. The Hall–Kier alpha value is -4.23. The highest BCUT2D eigenvalue weighted by Gasteiger charge is 2.34. The molecule has 3 heterocycles. The van der Waals surface area contributed by atoms with Crippen molar-refractivity contribution in [2.24, 2.45) is 5.73 Å². The number of likely N-dealkylation sites (tertiary alicyclic amines) is 1. The van der Waals surface area contributed by atoms with E-state index in [1.807, 2.05) is 15.7 Å². The van der Waals surface area contributed by atoms with E-state index in [2.05, 4.69) is 20.6 Å². The second-order valence-electron chi connectivity index (χ2n) is 10.9. The fourth-order valence-corrected chi connectivity index (χ4v) is 5.43. The van der Waals surface area contributed by atoms with Gasteiger partial charge in [0.1, 0.15) is 23.6 Å². The highest BCUT2D eigenvalue weighted by molar-refractivity contribution is 6.02. The molecular formula is C29H30F4N8O. The van der Waals surface area contributed by atoms with Crippen LogP contribution in [-0.4, -0.2) is 44.6 Å². The number of benzene rings is 2. The van der Waals surface area contributed by atoms with Crippen LogP contribution in [0.25, 0.3) is 22.2 Å². The Morgan fingerprint density at radius 2 is 1.79 bits per heavy atom. The van der Waals surface area contributed by atoms with Gasteiger partial charge in [-0.3, -0.25) is 4.90 Å². The van der Waals surface area contributed by atoms with Crippen molar-refractivity contribution in [3.63, 3.8) is 0 Å². The van der Waals surface area contributed by atoms with Crippen molar-refractivity contribution in [3.05, 3.63) is 65.9 Å². The number of nitrogens with two attached hydrogens (primary N) is 2. The summed E-state index contributed by atoms with van der Waals surface area (Å²) >= 11 is 0. The van der Waals surface area contributed by atoms with E-state index in [9.17, 15) is 18.0 Å². The molecule has 4 aromatic rings. The van der Waals surface area contributed by atoms with E-state index in [1.54, 1.807) is 6.07 Å². The number of urea groups is 1. The summed E-state index contributed by atoms with van der Waals surface area (Å²) in [4.78, 5) is 23.0. The van der Waals surface area contributed by atoms with Gasteiger partial charge in [0, 0.05) is 36.1 Å². The van der Waals surface area contributed by atoms with Crippen LogP contribution in [-0.2, 0) is 12.7 Å². The summed E-state index contributed by atoms with van der Waals surface area (Å²) in [6, 6.07) is 7.43. The van der Waals surface area contributed by atoms with Gasteiger partial charge in [0.05, 0.1) is 16.6 Å². The third kappa shape index (κ3) is 5.74. The summed E-state index contributed by atoms with van der Waals surface area (Å²) in [5, 5.41) is 5.39. The molecular weight excluding hydrogens is 552 g/mol. The lowest BCUT2D eigenvalue weighted by molar-refractivity contribution is -0.138. The standard InChI is InChI=1S/C29H30F4N8O/c30-23-11-16(21-14-41(20-4-5-20)27-25(21)26(35)36-15-37-27)2-6-24(23)39-28(42)38-19-3-1-17(22(12-19)29(31,32)33)13-40-9-7-18(34)8-10-40/h1-3,6,11-12,14-15,18,20H,4-5,7-10,13,34H2,(H2,35,36,37)(H2,38,39,42). The van der Waals surface area contributed by atoms with Gasteiger partial charge in [-0.25, -0.2) is 19.2 Å². The maximum atomic E-state index is 15.2. The fraction of sp³-hybridized carbons (Fsp3) is 0.345. The molecule has 1 saturated heterocycles. The van der Waals surface area contributed by atoms with Crippen LogP contribution in [0.15, 0.2) is 48.9 Å². The Kier molecular flexibility index (Phi) is 7.23. The summed E-state index contributed by atoms with van der Waals surface area (Å²) in [6.45, 7) is 1.37. The lowest BCUT2D eigenvalue weighted by Gasteiger charge is -2.30. The number of hydrogen-bond acceptors (Lipinski definition) is 6. The van der Waals surface area contributed by atoms with Gasteiger partial charge in [-0.15, -0.1) is 0 Å². The number of nitrogens with one attached hydrogen (secondary N) is 2. The molecule has 0 radical (unpaired) electrons. The monoisotopic (exact) mass is 582 g/mol. The number of aromatic nitrogens is 3. The zero-order valence-electron chi connectivity index (χ0n) is 22.6. The Morgan fingerprint density at radius 1 is 1.02 bits per heavy atom. The Labute approximate surface area is 238 Å². The molecule has 1 saturated carbocycles. The molecule has 2 aromatic carbocycles. The smallest absolute Gasteiger partial charge is 0.383 e. The molecule has 1 aliphatic heterocycles. The highest BCUT2D eigenvalue weighted by atomic mass is 19.4. The number of carbonyl (C=O) groups is 1. The molecule has 0 bridgehead atoms. The molecule has 2 fully saturated rings. The largest absolute Gasteiger partial charge is 0.416 e. The number of fused-ring (bicyclic) bond motifs is 1. The predicted molar refractivity (Wildman–Crippen MR) is 152 cm³/mol. The van der Waals surface area contributed by atoms with E-state index < -0.39 is 23.6 Å². The second-order valence-corrected chi connectivity index (χ2v) is 10.9. The van der Waals surface area contributed by atoms with Gasteiger partial charge in [0.15, 0.2) is 0 Å². The first kappa shape index (κ1) is 27.9. The van der Waals surface area contributed by atoms with Gasteiger partial charge in [-0.2, -0.15) is 13.2 Å². The normalized spacial score (nSPS) is 16.6. The molecule has 6 rings (SSSR count). The van der Waals surface area contributed by atoms with E-state index in [0.717, 1.165) is 31.7 Å². The molecule has 2 aliphatic rings. The first-order chi connectivity index (χ1) is 20.1. The first-order valence-corrected chi connectivity index (χ1v) is 13.7. The van der Waals surface area contributed by atoms with Gasteiger partial charge in [-0.05, 0) is 74.2 Å². The molecule has 0 unspecified atom stereocenters. The third-order valence-electron chi connectivity index (χ3n) is 7.81. The lowest BCUT2D eigenvalue weighted by atomic mass is 10.0. The van der Waals surface area contributed by atoms with E-state index in [1.165, 1.54) is 30.6 Å². The maximum Gasteiger partial charge on any atom is 0.416 e. The molecule has 0 spiro atoms. The number of alkyl halides is 3. The maximum absolute atomic E-state index is 15.2. The molecule has 1 aliphatic carbocycles. The third-order valence-corrected chi connectivity index (χ3v) is 7.81. The number of carbonyl (C=O) groups excluding carboxylic acids is 1. The zero-order chi connectivity index (χ0) is 29.6. The average molecular weight is 583 g/mol. The van der Waals surface area contributed by atoms with Gasteiger partial charge in [-0.1, -0.05) is 12.1 Å². The predicted octanol–water partition coefficient (Wildman–Crippen LogP) is 5.74. The van der Waals surface area contributed by atoms with Gasteiger partial charge in [0.25, 0.3) is 0 Å². The van der Waals surface area contributed by atoms with Crippen LogP contribution in [0.1, 0.15) is 42.9 Å². The number of halogens is 4. The zero-order valence-corrected chi connectivity index (χ0v) is 22.6. The average Bonchev–Trinajstić information content (AvgIpc) is 3.71. The Balaban J connectivity index is 1.18. The molecule has 9 nitrogen and oxygen atoms in total. The minimum Gasteiger partial charge on any atom is -0.383 e. The molecule has 0 atom stereocenters. The highest BCUT2D eigenvalue weighted by Crippen LogP contribution is 2.42. The minimum absolute atomic E-state index is 0.0652. The van der Waals surface area contributed by atoms with Crippen LogP contribution in [0.2, 0.25) is 0 Å². The van der Waals surface area contributed by atoms with Gasteiger partial charge >= 0.3 is 12.2 Å². The van der Waals surface area contributed by atoms with Crippen molar-refractivity contribution >= 4 is 34.3 Å². The van der Waals surface area contributed by atoms with Crippen LogP contribution in [0.4, 0.5) is 39.5 Å². The number of hydrogen-bond donors (Lipinski definition) is 4. The van der Waals surface area contributed by atoms with Gasteiger partial charge < -0.3 is 26.7 Å². The minimum atomic E-state index is -4.62. The van der Waals surface area contributed by atoms with Crippen molar-refractivity contribution in [2.75, 3.05) is 29.5 Å². The number of amides is 2. The summed E-state index contributed by atoms with van der Waals surface area (Å²) in [5.74, 6) is -0.446. The second kappa shape index (κ2) is 10.9. The molecule has 42 heavy (non-hydrogen) atoms. The summed E-state index contributed by atoms with van der Waals surface area (Å²) in [7, 11) is 0. The lowest BCUT2D eigenvalue weighted by Crippen LogP contribution is -2.39. The Bertz CT molecular complexity index is 1640. The van der Waals surface area contributed by atoms with Crippen molar-refractivity contribution in [3.8, 4) is 11.1 Å². The molecule has 13 heteroatoms. The van der Waals surface area contributed by atoms with Crippen molar-refractivity contribution < 1.29 is 22.4 Å². The molecule has 6 N–H and O–H groups in total. The van der Waals surface area contributed by atoms with Crippen LogP contribution >= 0.6 is 0 Å². The van der Waals surface area contributed by atoms with Crippen LogP contribution in [0.3, 0.4) is 0 Å². The summed E-state index contributed by atoms with van der Waals surface area (Å²) < 4.78 is 58.9. The molecule has 2 amide bonds. The van der Waals surface area contributed by atoms with Gasteiger partial charge in [0.2, 0.25) is 0 Å². The topological polar surface area (TPSA) is 127 Å². The Morgan fingerprint density at radius 3 is 2.48 bits per heavy atom. The van der Waals surface area contributed by atoms with Crippen molar-refractivity contribution in [1.82, 2.24) is 19.4 Å². The van der Waals surface area contributed by atoms with Crippen molar-refractivity contribution in [1.29, 1.82) is 0 Å². The first-order valence-electron chi connectivity index (χ1n) is 13.7. The van der Waals surface area contributed by atoms with Crippen LogP contribution in [0.5, 0.6) is 0 Å². The number of nitrogen functional groups attached to an aromatic ring is 1. The quantitative estimate of drug-likeness (QED) is 0.215. The van der Waals surface area contributed by atoms with E-state index >= 15 is 4.39 Å². The van der Waals surface area contributed by atoms with E-state index in [-0.39, 0.29) is 35.3 Å². The van der Waals surface area contributed by atoms with Crippen LogP contribution in [0, 0.1) is 5.82 Å². The SMILES string of the molecule is Nc1ncnc2c1c(-c1ccc(NC(=O)Nc3ccc(CN4CCC(N)CC4)c(C(F)(F)F)c3)c(F)c1)cn2C1CC1. The molecule has 220 valence electrons. The van der Waals surface area contributed by atoms with Crippen LogP contribution < -0.4 is 22.1 Å². The number of nitrogens with zero attached hydrogens (tertiary/aromatic N) is 4. The molecule has 2 aromatic heterocycles. The van der Waals surface area contributed by atoms with E-state index in [0.29, 0.717) is 41.3 Å².